The predicted octanol–water partition coefficient (Wildman–Crippen LogP) is 2.34. The summed E-state index contributed by atoms with van der Waals surface area (Å²) < 4.78 is 10.8. The van der Waals surface area contributed by atoms with Crippen LogP contribution in [0.15, 0.2) is 24.3 Å². The van der Waals surface area contributed by atoms with Crippen LogP contribution in [0.5, 0.6) is 5.75 Å². The Morgan fingerprint density at radius 2 is 1.95 bits per heavy atom. The summed E-state index contributed by atoms with van der Waals surface area (Å²) in [7, 11) is 1.59. The normalized spacial score (nSPS) is 23.0. The van der Waals surface area contributed by atoms with Crippen molar-refractivity contribution in [3.63, 3.8) is 0 Å². The SMILES string of the molecule is COc1ccccc1NC(=O)N1CC(C)OC(C)C1. The average molecular weight is 264 g/mol. The van der Waals surface area contributed by atoms with Crippen molar-refractivity contribution in [3.05, 3.63) is 24.3 Å². The number of carbonyl (C=O) groups excluding carboxylic acids is 1. The van der Waals surface area contributed by atoms with Crippen molar-refractivity contribution in [1.29, 1.82) is 0 Å². The number of morpholine rings is 1. The topological polar surface area (TPSA) is 50.8 Å². The third-order valence-corrected chi connectivity index (χ3v) is 3.06. The van der Waals surface area contributed by atoms with E-state index in [2.05, 4.69) is 5.32 Å². The minimum atomic E-state index is -0.119. The Balaban J connectivity index is 2.04. The fraction of sp³-hybridized carbons (Fsp3) is 0.500. The number of hydrogen-bond acceptors (Lipinski definition) is 3. The molecule has 5 heteroatoms. The monoisotopic (exact) mass is 264 g/mol. The van der Waals surface area contributed by atoms with Crippen LogP contribution in [-0.2, 0) is 4.74 Å². The Labute approximate surface area is 113 Å². The van der Waals surface area contributed by atoms with Gasteiger partial charge in [0.1, 0.15) is 5.75 Å². The first kappa shape index (κ1) is 13.7. The van der Waals surface area contributed by atoms with E-state index in [9.17, 15) is 4.79 Å². The molecule has 0 aliphatic carbocycles. The van der Waals surface area contributed by atoms with Gasteiger partial charge >= 0.3 is 6.03 Å². The molecule has 1 N–H and O–H groups in total. The highest BCUT2D eigenvalue weighted by atomic mass is 16.5. The number of carbonyl (C=O) groups is 1. The molecule has 0 radical (unpaired) electrons. The van der Waals surface area contributed by atoms with E-state index in [0.29, 0.717) is 24.5 Å². The van der Waals surface area contributed by atoms with Crippen molar-refractivity contribution in [2.24, 2.45) is 0 Å². The average Bonchev–Trinajstić information content (AvgIpc) is 2.38. The second kappa shape index (κ2) is 5.93. The summed E-state index contributed by atoms with van der Waals surface area (Å²) in [5.41, 5.74) is 0.682. The summed E-state index contributed by atoms with van der Waals surface area (Å²) in [5, 5.41) is 2.88. The molecule has 2 atom stereocenters. The Hall–Kier alpha value is -1.75. The van der Waals surface area contributed by atoms with Crippen LogP contribution in [0.1, 0.15) is 13.8 Å². The fourth-order valence-corrected chi connectivity index (χ4v) is 2.29. The number of nitrogens with zero attached hydrogens (tertiary/aromatic N) is 1. The lowest BCUT2D eigenvalue weighted by atomic mass is 10.2. The fourth-order valence-electron chi connectivity index (χ4n) is 2.29. The van der Waals surface area contributed by atoms with Crippen LogP contribution >= 0.6 is 0 Å². The van der Waals surface area contributed by atoms with Gasteiger partial charge in [-0.15, -0.1) is 0 Å². The molecule has 2 unspecified atom stereocenters. The molecule has 1 saturated heterocycles. The number of urea groups is 1. The standard InChI is InChI=1S/C14H20N2O3/c1-10-8-16(9-11(2)19-10)14(17)15-12-6-4-5-7-13(12)18-3/h4-7,10-11H,8-9H2,1-3H3,(H,15,17). The molecule has 2 rings (SSSR count). The lowest BCUT2D eigenvalue weighted by molar-refractivity contribution is -0.0530. The molecule has 104 valence electrons. The molecule has 1 aromatic carbocycles. The van der Waals surface area contributed by atoms with E-state index in [1.807, 2.05) is 38.1 Å². The van der Waals surface area contributed by atoms with Gasteiger partial charge in [0, 0.05) is 13.1 Å². The molecule has 0 saturated carbocycles. The van der Waals surface area contributed by atoms with Crippen molar-refractivity contribution in [2.45, 2.75) is 26.1 Å². The van der Waals surface area contributed by atoms with E-state index >= 15 is 0 Å². The number of nitrogens with one attached hydrogen (secondary N) is 1. The van der Waals surface area contributed by atoms with E-state index in [4.69, 9.17) is 9.47 Å². The minimum Gasteiger partial charge on any atom is -0.495 e. The van der Waals surface area contributed by atoms with Crippen molar-refractivity contribution < 1.29 is 14.3 Å². The number of amides is 2. The second-order valence-electron chi connectivity index (χ2n) is 4.79. The maximum Gasteiger partial charge on any atom is 0.322 e. The number of para-hydroxylation sites is 2. The molecule has 5 nitrogen and oxygen atoms in total. The summed E-state index contributed by atoms with van der Waals surface area (Å²) in [6.07, 6.45) is 0.124. The zero-order valence-corrected chi connectivity index (χ0v) is 11.6. The zero-order chi connectivity index (χ0) is 13.8. The molecular weight excluding hydrogens is 244 g/mol. The van der Waals surface area contributed by atoms with Crippen molar-refractivity contribution in [1.82, 2.24) is 4.90 Å². The van der Waals surface area contributed by atoms with Gasteiger partial charge in [0.15, 0.2) is 0 Å². The van der Waals surface area contributed by atoms with Crippen molar-refractivity contribution in [2.75, 3.05) is 25.5 Å². The van der Waals surface area contributed by atoms with Crippen molar-refractivity contribution in [3.8, 4) is 5.75 Å². The van der Waals surface area contributed by atoms with Crippen LogP contribution in [0.3, 0.4) is 0 Å². The summed E-state index contributed by atoms with van der Waals surface area (Å²) in [4.78, 5) is 14.0. The highest BCUT2D eigenvalue weighted by Crippen LogP contribution is 2.23. The smallest absolute Gasteiger partial charge is 0.322 e. The van der Waals surface area contributed by atoms with Gasteiger partial charge in [-0.2, -0.15) is 0 Å². The zero-order valence-electron chi connectivity index (χ0n) is 11.6. The molecule has 0 bridgehead atoms. The van der Waals surface area contributed by atoms with Crippen LogP contribution in [-0.4, -0.2) is 43.3 Å². The summed E-state index contributed by atoms with van der Waals surface area (Å²) in [5.74, 6) is 0.658. The van der Waals surface area contributed by atoms with Gasteiger partial charge in [-0.25, -0.2) is 4.79 Å². The van der Waals surface area contributed by atoms with Gasteiger partial charge in [0.05, 0.1) is 25.0 Å². The molecule has 0 aromatic heterocycles. The van der Waals surface area contributed by atoms with Crippen molar-refractivity contribution >= 4 is 11.7 Å². The molecule has 0 spiro atoms. The number of methoxy groups -OCH3 is 1. The third kappa shape index (κ3) is 3.38. The lowest BCUT2D eigenvalue weighted by Crippen LogP contribution is -2.49. The largest absolute Gasteiger partial charge is 0.495 e. The van der Waals surface area contributed by atoms with Gasteiger partial charge < -0.3 is 19.7 Å². The van der Waals surface area contributed by atoms with E-state index in [1.165, 1.54) is 0 Å². The Morgan fingerprint density at radius 1 is 1.32 bits per heavy atom. The highest BCUT2D eigenvalue weighted by Gasteiger charge is 2.26. The Morgan fingerprint density at radius 3 is 2.58 bits per heavy atom. The molecule has 1 fully saturated rings. The maximum absolute atomic E-state index is 12.2. The third-order valence-electron chi connectivity index (χ3n) is 3.06. The number of anilines is 1. The van der Waals surface area contributed by atoms with Gasteiger partial charge in [-0.3, -0.25) is 0 Å². The lowest BCUT2D eigenvalue weighted by Gasteiger charge is -2.35. The van der Waals surface area contributed by atoms with Crippen LogP contribution in [0.25, 0.3) is 0 Å². The molecule has 1 heterocycles. The Kier molecular flexibility index (Phi) is 4.27. The van der Waals surface area contributed by atoms with E-state index in [0.717, 1.165) is 0 Å². The predicted molar refractivity (Wildman–Crippen MR) is 73.6 cm³/mol. The number of hydrogen-bond donors (Lipinski definition) is 1. The Bertz CT molecular complexity index is 440. The summed E-state index contributed by atoms with van der Waals surface area (Å²) in [6.45, 7) is 5.15. The van der Waals surface area contributed by atoms with E-state index in [1.54, 1.807) is 12.0 Å². The summed E-state index contributed by atoms with van der Waals surface area (Å²) in [6, 6.07) is 7.26. The number of benzene rings is 1. The van der Waals surface area contributed by atoms with Gasteiger partial charge in [-0.1, -0.05) is 12.1 Å². The van der Waals surface area contributed by atoms with Gasteiger partial charge in [-0.05, 0) is 26.0 Å². The van der Waals surface area contributed by atoms with Crippen LogP contribution < -0.4 is 10.1 Å². The molecule has 1 aliphatic heterocycles. The van der Waals surface area contributed by atoms with E-state index < -0.39 is 0 Å². The van der Waals surface area contributed by atoms with Crippen LogP contribution in [0, 0.1) is 0 Å². The highest BCUT2D eigenvalue weighted by molar-refractivity contribution is 5.91. The first-order valence-corrected chi connectivity index (χ1v) is 6.44. The molecule has 1 aromatic rings. The summed E-state index contributed by atoms with van der Waals surface area (Å²) >= 11 is 0. The second-order valence-corrected chi connectivity index (χ2v) is 4.79. The number of ether oxygens (including phenoxy) is 2. The first-order chi connectivity index (χ1) is 9.10. The van der Waals surface area contributed by atoms with Gasteiger partial charge in [0.2, 0.25) is 0 Å². The molecule has 19 heavy (non-hydrogen) atoms. The van der Waals surface area contributed by atoms with Crippen LogP contribution in [0.2, 0.25) is 0 Å². The number of rotatable bonds is 2. The quantitative estimate of drug-likeness (QED) is 0.892. The molecule has 2 amide bonds. The molecule has 1 aliphatic rings. The minimum absolute atomic E-state index is 0.0622. The first-order valence-electron chi connectivity index (χ1n) is 6.44. The van der Waals surface area contributed by atoms with Crippen LogP contribution in [0.4, 0.5) is 10.5 Å². The van der Waals surface area contributed by atoms with Gasteiger partial charge in [0.25, 0.3) is 0 Å². The maximum atomic E-state index is 12.2. The molecular formula is C14H20N2O3. The van der Waals surface area contributed by atoms with E-state index in [-0.39, 0.29) is 18.2 Å².